The van der Waals surface area contributed by atoms with E-state index in [1.54, 1.807) is 0 Å². The lowest BCUT2D eigenvalue weighted by Crippen LogP contribution is -2.27. The van der Waals surface area contributed by atoms with E-state index >= 15 is 0 Å². The minimum absolute atomic E-state index is 0.00671. The molecule has 0 aromatic heterocycles. The molecule has 8 nitrogen and oxygen atoms in total. The van der Waals surface area contributed by atoms with Crippen LogP contribution >= 0.6 is 8.38 Å². The number of aromatic hydroxyl groups is 1. The second-order valence-corrected chi connectivity index (χ2v) is 8.99. The fraction of sp³-hybridized carbons (Fsp3) is 0.565. The quantitative estimate of drug-likeness (QED) is 0.264. The number of amides is 1. The van der Waals surface area contributed by atoms with Crippen LogP contribution in [-0.4, -0.2) is 49.7 Å². The number of hydrogen-bond donors (Lipinski definition) is 2. The Morgan fingerprint density at radius 1 is 1.22 bits per heavy atom. The van der Waals surface area contributed by atoms with Crippen LogP contribution in [0.15, 0.2) is 11.6 Å². The predicted octanol–water partition coefficient (Wildman–Crippen LogP) is 4.53. The molecule has 1 heterocycles. The van der Waals surface area contributed by atoms with E-state index in [2.05, 4.69) is 5.32 Å². The number of benzene rings is 1. The maximum absolute atomic E-state index is 12.0. The third-order valence-electron chi connectivity index (χ3n) is 5.19. The van der Waals surface area contributed by atoms with Crippen molar-refractivity contribution in [3.05, 3.63) is 39.5 Å². The smallest absolute Gasteiger partial charge is 0.407 e. The number of cyclic esters (lactones) is 1. The molecule has 0 atom stereocenters. The Labute approximate surface area is 191 Å². The first-order valence-corrected chi connectivity index (χ1v) is 12.3. The summed E-state index contributed by atoms with van der Waals surface area (Å²) < 4.78 is 21.4. The van der Waals surface area contributed by atoms with Gasteiger partial charge in [0.25, 0.3) is 0 Å². The van der Waals surface area contributed by atoms with E-state index in [1.807, 2.05) is 40.7 Å². The molecule has 0 saturated carbocycles. The number of phenols is 1. The molecule has 9 heteroatoms. The van der Waals surface area contributed by atoms with Crippen molar-refractivity contribution in [3.63, 3.8) is 0 Å². The zero-order valence-corrected chi connectivity index (χ0v) is 20.5. The summed E-state index contributed by atoms with van der Waals surface area (Å²) in [6, 6.07) is 0. The van der Waals surface area contributed by atoms with E-state index in [0.29, 0.717) is 37.9 Å². The summed E-state index contributed by atoms with van der Waals surface area (Å²) in [7, 11) is -0.999. The number of alkyl carbamates (subject to hydrolysis) is 1. The highest BCUT2D eigenvalue weighted by molar-refractivity contribution is 7.47. The molecule has 1 aromatic rings. The van der Waals surface area contributed by atoms with Gasteiger partial charge in [-0.1, -0.05) is 13.0 Å². The third kappa shape index (κ3) is 6.67. The van der Waals surface area contributed by atoms with Crippen molar-refractivity contribution >= 4 is 20.4 Å². The molecule has 0 radical (unpaired) electrons. The van der Waals surface area contributed by atoms with Gasteiger partial charge in [0, 0.05) is 23.8 Å². The Morgan fingerprint density at radius 2 is 1.91 bits per heavy atom. The molecule has 0 bridgehead atoms. The van der Waals surface area contributed by atoms with E-state index in [1.165, 1.54) is 0 Å². The molecule has 1 aliphatic rings. The molecule has 178 valence electrons. The van der Waals surface area contributed by atoms with Crippen molar-refractivity contribution in [1.82, 2.24) is 5.32 Å². The number of esters is 1. The highest BCUT2D eigenvalue weighted by Gasteiger charge is 2.30. The maximum atomic E-state index is 12.0. The number of ether oxygens (including phenoxy) is 2. The second kappa shape index (κ2) is 12.8. The van der Waals surface area contributed by atoms with Crippen LogP contribution in [-0.2, 0) is 38.0 Å². The number of carbonyl (C=O) groups excluding carboxylic acids is 2. The lowest BCUT2D eigenvalue weighted by Gasteiger charge is -2.16. The highest BCUT2D eigenvalue weighted by atomic mass is 31.2. The van der Waals surface area contributed by atoms with E-state index in [0.717, 1.165) is 28.7 Å². The van der Waals surface area contributed by atoms with Gasteiger partial charge in [0.05, 0.1) is 13.2 Å². The molecule has 0 saturated heterocycles. The molecule has 2 rings (SSSR count). The van der Waals surface area contributed by atoms with Crippen molar-refractivity contribution in [2.45, 2.75) is 54.1 Å². The van der Waals surface area contributed by atoms with E-state index in [-0.39, 0.29) is 24.5 Å². The summed E-state index contributed by atoms with van der Waals surface area (Å²) >= 11 is 0. The van der Waals surface area contributed by atoms with Gasteiger partial charge in [0.1, 0.15) is 24.5 Å². The normalized spacial score (nSPS) is 13.3. The fourth-order valence-corrected chi connectivity index (χ4v) is 4.81. The summed E-state index contributed by atoms with van der Waals surface area (Å²) in [6.45, 7) is 11.5. The highest BCUT2D eigenvalue weighted by Crippen LogP contribution is 2.38. The lowest BCUT2D eigenvalue weighted by atomic mass is 9.89. The number of nitrogens with one attached hydrogen (secondary N) is 1. The van der Waals surface area contributed by atoms with Gasteiger partial charge < -0.3 is 28.9 Å². The topological polar surface area (TPSA) is 103 Å². The number of phenolic OH excluding ortho intramolecular Hbond substituents is 1. The monoisotopic (exact) mass is 467 g/mol. The van der Waals surface area contributed by atoms with E-state index in [9.17, 15) is 14.7 Å². The van der Waals surface area contributed by atoms with Gasteiger partial charge in [-0.2, -0.15) is 0 Å². The number of carbonyl (C=O) groups is 2. The van der Waals surface area contributed by atoms with Crippen LogP contribution in [0.25, 0.3) is 0 Å². The summed E-state index contributed by atoms with van der Waals surface area (Å²) in [6.07, 6.45) is 3.15. The van der Waals surface area contributed by atoms with Gasteiger partial charge in [-0.25, -0.2) is 9.59 Å². The van der Waals surface area contributed by atoms with Crippen LogP contribution in [0.2, 0.25) is 0 Å². The average molecular weight is 467 g/mol. The molecule has 32 heavy (non-hydrogen) atoms. The fourth-order valence-electron chi connectivity index (χ4n) is 3.61. The Kier molecular flexibility index (Phi) is 10.4. The average Bonchev–Trinajstić information content (AvgIpc) is 3.16. The van der Waals surface area contributed by atoms with Gasteiger partial charge in [-0.15, -0.1) is 0 Å². The Bertz CT molecular complexity index is 847. The van der Waals surface area contributed by atoms with Crippen molar-refractivity contribution in [3.8, 4) is 5.75 Å². The molecule has 0 unspecified atom stereocenters. The number of rotatable bonds is 12. The van der Waals surface area contributed by atoms with Crippen LogP contribution in [0, 0.1) is 6.92 Å². The first kappa shape index (κ1) is 26.1. The van der Waals surface area contributed by atoms with Crippen LogP contribution in [0.4, 0.5) is 4.79 Å². The molecular weight excluding hydrogens is 433 g/mol. The van der Waals surface area contributed by atoms with Gasteiger partial charge in [0.15, 0.2) is 8.38 Å². The van der Waals surface area contributed by atoms with Crippen LogP contribution in [0.3, 0.4) is 0 Å². The minimum Gasteiger partial charge on any atom is -0.507 e. The van der Waals surface area contributed by atoms with Crippen LogP contribution in [0.1, 0.15) is 60.3 Å². The van der Waals surface area contributed by atoms with Gasteiger partial charge in [0.2, 0.25) is 0 Å². The third-order valence-corrected chi connectivity index (χ3v) is 6.88. The first-order valence-electron chi connectivity index (χ1n) is 11.0. The molecular formula is C23H34NO7P. The number of hydrogen-bond acceptors (Lipinski definition) is 7. The zero-order valence-electron chi connectivity index (χ0n) is 19.6. The molecule has 1 amide bonds. The number of allylic oxidation sites excluding steroid dienone is 1. The van der Waals surface area contributed by atoms with Gasteiger partial charge in [-0.05, 0) is 57.2 Å². The number of fused-ring (bicyclic) bond motifs is 1. The Hall–Kier alpha value is -2.15. The van der Waals surface area contributed by atoms with Crippen LogP contribution in [0.5, 0.6) is 5.75 Å². The van der Waals surface area contributed by atoms with E-state index in [4.69, 9.17) is 18.5 Å². The van der Waals surface area contributed by atoms with Gasteiger partial charge in [-0.3, -0.25) is 0 Å². The lowest BCUT2D eigenvalue weighted by molar-refractivity contribution is 0.0532. The van der Waals surface area contributed by atoms with E-state index < -0.39 is 20.4 Å². The van der Waals surface area contributed by atoms with Gasteiger partial charge >= 0.3 is 12.1 Å². The summed E-state index contributed by atoms with van der Waals surface area (Å²) in [5.41, 5.74) is 4.60. The minimum atomic E-state index is -0.999. The molecule has 1 aliphatic heterocycles. The Balaban J connectivity index is 1.92. The van der Waals surface area contributed by atoms with Crippen molar-refractivity contribution in [2.75, 3.05) is 32.5 Å². The summed E-state index contributed by atoms with van der Waals surface area (Å²) in [4.78, 5) is 24.0. The predicted molar refractivity (Wildman–Crippen MR) is 123 cm³/mol. The second-order valence-electron chi connectivity index (χ2n) is 7.36. The van der Waals surface area contributed by atoms with Crippen molar-refractivity contribution in [1.29, 1.82) is 0 Å². The molecule has 0 spiro atoms. The largest absolute Gasteiger partial charge is 0.507 e. The summed E-state index contributed by atoms with van der Waals surface area (Å²) in [5, 5.41) is 13.4. The van der Waals surface area contributed by atoms with Crippen LogP contribution < -0.4 is 5.32 Å². The maximum Gasteiger partial charge on any atom is 0.407 e. The van der Waals surface area contributed by atoms with Crippen molar-refractivity contribution < 1.29 is 33.2 Å². The summed E-state index contributed by atoms with van der Waals surface area (Å²) in [5.74, 6) is -0.490. The molecule has 0 fully saturated rings. The molecule has 0 aliphatic carbocycles. The first-order chi connectivity index (χ1) is 15.3. The molecule has 2 N–H and O–H groups in total. The Morgan fingerprint density at radius 3 is 2.53 bits per heavy atom. The zero-order chi connectivity index (χ0) is 23.7. The van der Waals surface area contributed by atoms with Crippen molar-refractivity contribution in [2.24, 2.45) is 0 Å². The standard InChI is InChI=1S/C23H34NO7P/c1-6-17-16(5)19-14-28-22(26)20(19)21(25)18(17)10-9-15(4)13-29-23(27)24-11-12-32(30-7-2)31-8-3/h9,25H,6-8,10-14H2,1-5H3,(H,24,27)/b15-9+. The molecule has 1 aromatic carbocycles. The SMILES string of the molecule is CCOP(CCNC(=O)OC/C(C)=C/Cc1c(O)c2c(c(C)c1CC)COC2=O)OCC.